The van der Waals surface area contributed by atoms with Gasteiger partial charge in [-0.25, -0.2) is 4.79 Å². The highest BCUT2D eigenvalue weighted by Gasteiger charge is 2.44. The Balaban J connectivity index is 1.54. The molecule has 4 rings (SSSR count). The average molecular weight is 421 g/mol. The summed E-state index contributed by atoms with van der Waals surface area (Å²) < 4.78 is 5.44. The van der Waals surface area contributed by atoms with Crippen LogP contribution in [0.3, 0.4) is 0 Å². The van der Waals surface area contributed by atoms with E-state index in [1.165, 1.54) is 4.90 Å². The summed E-state index contributed by atoms with van der Waals surface area (Å²) in [4.78, 5) is 43.4. The number of carbonyl (C=O) groups is 3. The summed E-state index contributed by atoms with van der Waals surface area (Å²) in [5, 5.41) is 0. The maximum atomic E-state index is 13.3. The number of anilines is 1. The average Bonchev–Trinajstić information content (AvgIpc) is 3.36. The summed E-state index contributed by atoms with van der Waals surface area (Å²) in [5.74, 6) is 0.00671. The van der Waals surface area contributed by atoms with Gasteiger partial charge in [-0.2, -0.15) is 0 Å². The molecular formula is C24H27N3O4. The van der Waals surface area contributed by atoms with Gasteiger partial charge in [0.05, 0.1) is 12.8 Å². The van der Waals surface area contributed by atoms with E-state index in [1.54, 1.807) is 24.2 Å². The van der Waals surface area contributed by atoms with Crippen molar-refractivity contribution in [3.8, 4) is 0 Å². The first-order valence-electron chi connectivity index (χ1n) is 10.7. The molecule has 7 heteroatoms. The van der Waals surface area contributed by atoms with Crippen molar-refractivity contribution in [3.05, 3.63) is 65.8 Å². The van der Waals surface area contributed by atoms with Crippen LogP contribution in [0.2, 0.25) is 0 Å². The van der Waals surface area contributed by atoms with E-state index < -0.39 is 12.1 Å². The number of rotatable bonds is 6. The Bertz CT molecular complexity index is 994. The Morgan fingerprint density at radius 3 is 2.58 bits per heavy atom. The second-order valence-electron chi connectivity index (χ2n) is 8.09. The minimum absolute atomic E-state index is 0.283. The molecule has 0 N–H and O–H groups in total. The fourth-order valence-corrected chi connectivity index (χ4v) is 4.11. The van der Waals surface area contributed by atoms with Gasteiger partial charge in [0.25, 0.3) is 5.91 Å². The lowest BCUT2D eigenvalue weighted by Crippen LogP contribution is -2.43. The number of furan rings is 1. The monoisotopic (exact) mass is 421 g/mol. The first-order valence-corrected chi connectivity index (χ1v) is 10.7. The van der Waals surface area contributed by atoms with E-state index >= 15 is 0 Å². The molecule has 1 aliphatic carbocycles. The summed E-state index contributed by atoms with van der Waals surface area (Å²) in [6, 6.07) is 9.90. The minimum atomic E-state index is -0.657. The summed E-state index contributed by atoms with van der Waals surface area (Å²) in [6.45, 7) is 3.64. The van der Waals surface area contributed by atoms with Gasteiger partial charge in [0.15, 0.2) is 0 Å². The number of carbonyl (C=O) groups excluding carboxylic acids is 3. The topological polar surface area (TPSA) is 74.1 Å². The van der Waals surface area contributed by atoms with Crippen molar-refractivity contribution in [2.24, 2.45) is 0 Å². The summed E-state index contributed by atoms with van der Waals surface area (Å²) in [7, 11) is 0. The molecule has 0 spiro atoms. The van der Waals surface area contributed by atoms with Crippen LogP contribution in [0, 0.1) is 6.92 Å². The molecule has 2 aliphatic rings. The molecule has 1 atom stereocenters. The highest BCUT2D eigenvalue weighted by Crippen LogP contribution is 2.28. The van der Waals surface area contributed by atoms with E-state index in [4.69, 9.17) is 4.42 Å². The molecule has 1 aromatic carbocycles. The smallest absolute Gasteiger partial charge is 0.332 e. The van der Waals surface area contributed by atoms with Crippen LogP contribution in [0.5, 0.6) is 0 Å². The maximum Gasteiger partial charge on any atom is 0.332 e. The van der Waals surface area contributed by atoms with Gasteiger partial charge < -0.3 is 9.32 Å². The molecule has 0 saturated carbocycles. The van der Waals surface area contributed by atoms with Crippen LogP contribution < -0.4 is 4.90 Å². The molecule has 1 unspecified atom stereocenters. The van der Waals surface area contributed by atoms with Crippen LogP contribution in [0.1, 0.15) is 43.9 Å². The third kappa shape index (κ3) is 4.26. The zero-order valence-electron chi connectivity index (χ0n) is 17.9. The van der Waals surface area contributed by atoms with Crippen molar-refractivity contribution in [3.63, 3.8) is 0 Å². The summed E-state index contributed by atoms with van der Waals surface area (Å²) in [6.07, 6.45) is 7.45. The molecule has 0 radical (unpaired) electrons. The van der Waals surface area contributed by atoms with Crippen LogP contribution in [-0.4, -0.2) is 40.2 Å². The Morgan fingerprint density at radius 1 is 1.16 bits per heavy atom. The van der Waals surface area contributed by atoms with Gasteiger partial charge in [0, 0.05) is 11.4 Å². The number of imide groups is 1. The molecule has 162 valence electrons. The lowest BCUT2D eigenvalue weighted by Gasteiger charge is -2.28. The van der Waals surface area contributed by atoms with Crippen LogP contribution in [0.4, 0.5) is 10.5 Å². The van der Waals surface area contributed by atoms with Crippen LogP contribution >= 0.6 is 0 Å². The van der Waals surface area contributed by atoms with Crippen LogP contribution in [0.15, 0.2) is 58.9 Å². The van der Waals surface area contributed by atoms with Crippen molar-refractivity contribution < 1.29 is 18.8 Å². The Labute approximate surface area is 181 Å². The van der Waals surface area contributed by atoms with Gasteiger partial charge in [0.1, 0.15) is 18.3 Å². The first kappa shape index (κ1) is 20.9. The second-order valence-corrected chi connectivity index (χ2v) is 8.09. The lowest BCUT2D eigenvalue weighted by atomic mass is 10.0. The largest absolute Gasteiger partial charge is 0.467 e. The number of benzene rings is 1. The fraction of sp³-hybridized carbons (Fsp3) is 0.375. The van der Waals surface area contributed by atoms with E-state index in [9.17, 15) is 14.4 Å². The van der Waals surface area contributed by atoms with Gasteiger partial charge in [-0.15, -0.1) is 0 Å². The number of nitrogens with zero attached hydrogens (tertiary/aromatic N) is 3. The summed E-state index contributed by atoms with van der Waals surface area (Å²) >= 11 is 0. The van der Waals surface area contributed by atoms with Crippen molar-refractivity contribution in [1.29, 1.82) is 0 Å². The van der Waals surface area contributed by atoms with Crippen LogP contribution in [0.25, 0.3) is 0 Å². The van der Waals surface area contributed by atoms with Gasteiger partial charge in [0.2, 0.25) is 5.91 Å². The minimum Gasteiger partial charge on any atom is -0.467 e. The van der Waals surface area contributed by atoms with E-state index in [1.807, 2.05) is 37.3 Å². The maximum absolute atomic E-state index is 13.3. The molecule has 31 heavy (non-hydrogen) atoms. The van der Waals surface area contributed by atoms with E-state index in [2.05, 4.69) is 6.08 Å². The number of allylic oxidation sites excluding steroid dienone is 2. The van der Waals surface area contributed by atoms with Gasteiger partial charge in [-0.05, 0) is 63.8 Å². The molecule has 2 aromatic rings. The zero-order chi connectivity index (χ0) is 22.0. The SMILES string of the molecule is Cc1ccc(N2C(=O)N(CC(=O)N(Cc3ccco3)C3=CCCCC3)C(=O)C2C)cc1. The quantitative estimate of drug-likeness (QED) is 0.654. The molecule has 4 amide bonds. The summed E-state index contributed by atoms with van der Waals surface area (Å²) in [5.41, 5.74) is 2.64. The van der Waals surface area contributed by atoms with Crippen molar-refractivity contribution in [2.45, 2.75) is 52.1 Å². The number of amides is 4. The molecule has 2 heterocycles. The van der Waals surface area contributed by atoms with E-state index in [0.717, 1.165) is 41.8 Å². The molecule has 1 aliphatic heterocycles. The fourth-order valence-electron chi connectivity index (χ4n) is 4.11. The molecule has 0 bridgehead atoms. The molecule has 1 saturated heterocycles. The number of aryl methyl sites for hydroxylation is 1. The molecule has 1 aromatic heterocycles. The molecular weight excluding hydrogens is 394 g/mol. The standard InChI is InChI=1S/C24H27N3O4/c1-17-10-12-20(13-11-17)27-18(2)23(29)26(24(27)30)16-22(28)25(15-21-9-6-14-31-21)19-7-4-3-5-8-19/h6-7,9-14,18H,3-5,8,15-16H2,1-2H3. The van der Waals surface area contributed by atoms with Crippen molar-refractivity contribution >= 4 is 23.5 Å². The van der Waals surface area contributed by atoms with Gasteiger partial charge in [-0.1, -0.05) is 23.8 Å². The Hall–Kier alpha value is -3.35. The number of urea groups is 1. The second kappa shape index (κ2) is 8.79. The predicted octanol–water partition coefficient (Wildman–Crippen LogP) is 4.23. The molecule has 7 nitrogen and oxygen atoms in total. The van der Waals surface area contributed by atoms with Gasteiger partial charge in [-0.3, -0.25) is 19.4 Å². The Kier molecular flexibility index (Phi) is 5.93. The van der Waals surface area contributed by atoms with E-state index in [-0.39, 0.29) is 24.9 Å². The van der Waals surface area contributed by atoms with Crippen molar-refractivity contribution in [2.75, 3.05) is 11.4 Å². The lowest BCUT2D eigenvalue weighted by molar-refractivity contribution is -0.136. The normalized spacial score (nSPS) is 19.0. The van der Waals surface area contributed by atoms with Crippen LogP contribution in [-0.2, 0) is 16.1 Å². The first-order chi connectivity index (χ1) is 15.0. The van der Waals surface area contributed by atoms with Crippen molar-refractivity contribution in [1.82, 2.24) is 9.80 Å². The number of hydrogen-bond acceptors (Lipinski definition) is 4. The third-order valence-corrected chi connectivity index (χ3v) is 5.86. The highest BCUT2D eigenvalue weighted by atomic mass is 16.3. The predicted molar refractivity (Wildman–Crippen MR) is 116 cm³/mol. The van der Waals surface area contributed by atoms with Gasteiger partial charge >= 0.3 is 6.03 Å². The van der Waals surface area contributed by atoms with E-state index in [0.29, 0.717) is 11.4 Å². The zero-order valence-corrected chi connectivity index (χ0v) is 17.9. The highest BCUT2D eigenvalue weighted by molar-refractivity contribution is 6.15. The third-order valence-electron chi connectivity index (χ3n) is 5.86. The molecule has 1 fully saturated rings. The Morgan fingerprint density at radius 2 is 1.94 bits per heavy atom. The number of hydrogen-bond donors (Lipinski definition) is 0.